The van der Waals surface area contributed by atoms with Crippen LogP contribution in [0.15, 0.2) is 29.2 Å². The normalized spacial score (nSPS) is 11.3. The summed E-state index contributed by atoms with van der Waals surface area (Å²) in [6, 6.07) is 7.80. The van der Waals surface area contributed by atoms with Gasteiger partial charge in [-0.05, 0) is 44.5 Å². The molecular weight excluding hydrogens is 320 g/mol. The van der Waals surface area contributed by atoms with E-state index in [1.807, 2.05) is 31.2 Å². The van der Waals surface area contributed by atoms with Gasteiger partial charge in [0.15, 0.2) is 0 Å². The summed E-state index contributed by atoms with van der Waals surface area (Å²) in [4.78, 5) is 13.2. The number of ether oxygens (including phenoxy) is 2. The molecule has 0 unspecified atom stereocenters. The molecule has 0 aliphatic rings. The molecule has 1 aromatic carbocycles. The topological polar surface area (TPSA) is 35.5 Å². The van der Waals surface area contributed by atoms with E-state index in [1.54, 1.807) is 18.7 Å². The maximum absolute atomic E-state index is 12.2. The van der Waals surface area contributed by atoms with E-state index in [0.717, 1.165) is 29.9 Å². The van der Waals surface area contributed by atoms with Gasteiger partial charge in [-0.1, -0.05) is 38.5 Å². The van der Waals surface area contributed by atoms with Crippen molar-refractivity contribution < 1.29 is 14.3 Å². The summed E-state index contributed by atoms with van der Waals surface area (Å²) < 4.78 is 10.7. The third kappa shape index (κ3) is 8.31. The lowest BCUT2D eigenvalue weighted by Crippen LogP contribution is -2.20. The molecule has 0 saturated heterocycles. The molecule has 0 heterocycles. The summed E-state index contributed by atoms with van der Waals surface area (Å²) in [5, 5.41) is -0.139. The first-order valence-electron chi connectivity index (χ1n) is 8.67. The van der Waals surface area contributed by atoms with Crippen LogP contribution in [0.4, 0.5) is 0 Å². The summed E-state index contributed by atoms with van der Waals surface area (Å²) in [5.74, 6) is 6.34. The van der Waals surface area contributed by atoms with Crippen molar-refractivity contribution in [1.82, 2.24) is 0 Å². The zero-order valence-electron chi connectivity index (χ0n) is 15.0. The van der Waals surface area contributed by atoms with Crippen molar-refractivity contribution >= 4 is 17.7 Å². The minimum Gasteiger partial charge on any atom is -0.481 e. The van der Waals surface area contributed by atoms with Gasteiger partial charge in [-0.15, -0.1) is 17.7 Å². The molecule has 0 aromatic heterocycles. The van der Waals surface area contributed by atoms with Crippen molar-refractivity contribution in [2.24, 2.45) is 0 Å². The molecule has 1 atom stereocenters. The lowest BCUT2D eigenvalue weighted by atomic mass is 10.1. The summed E-state index contributed by atoms with van der Waals surface area (Å²) >= 11 is 1.57. The number of rotatable bonds is 11. The summed E-state index contributed by atoms with van der Waals surface area (Å²) in [6.45, 7) is 6.65. The number of benzene rings is 1. The smallest absolute Gasteiger partial charge is 0.319 e. The van der Waals surface area contributed by atoms with E-state index in [9.17, 15) is 4.79 Å². The van der Waals surface area contributed by atoms with E-state index in [2.05, 4.69) is 18.8 Å². The predicted octanol–water partition coefficient (Wildman–Crippen LogP) is 5.08. The highest BCUT2D eigenvalue weighted by atomic mass is 32.2. The zero-order chi connectivity index (χ0) is 17.6. The van der Waals surface area contributed by atoms with Gasteiger partial charge >= 0.3 is 5.97 Å². The molecule has 24 heavy (non-hydrogen) atoms. The fourth-order valence-electron chi connectivity index (χ4n) is 2.19. The Morgan fingerprint density at radius 1 is 1.17 bits per heavy atom. The zero-order valence-corrected chi connectivity index (χ0v) is 15.8. The third-order valence-electron chi connectivity index (χ3n) is 3.46. The van der Waals surface area contributed by atoms with Gasteiger partial charge in [0.05, 0.1) is 6.61 Å². The Kier molecular flexibility index (Phi) is 10.9. The SMILES string of the molecule is CC#CCOc1ccc(S[C@H](CCCCCC)C(=O)OCC)cc1. The second kappa shape index (κ2) is 12.8. The first-order chi connectivity index (χ1) is 11.7. The Bertz CT molecular complexity index is 528. The van der Waals surface area contributed by atoms with Crippen LogP contribution in [-0.2, 0) is 9.53 Å². The van der Waals surface area contributed by atoms with E-state index in [-0.39, 0.29) is 11.2 Å². The first kappa shape index (κ1) is 20.4. The molecule has 0 saturated carbocycles. The minimum atomic E-state index is -0.139. The molecule has 1 aromatic rings. The molecule has 0 amide bonds. The molecule has 0 aliphatic carbocycles. The van der Waals surface area contributed by atoms with E-state index in [4.69, 9.17) is 9.47 Å². The number of thioether (sulfide) groups is 1. The Balaban J connectivity index is 2.59. The van der Waals surface area contributed by atoms with Crippen molar-refractivity contribution in [1.29, 1.82) is 0 Å². The molecule has 1 rings (SSSR count). The predicted molar refractivity (Wildman–Crippen MR) is 100 cm³/mol. The number of unbranched alkanes of at least 4 members (excludes halogenated alkanes) is 3. The molecule has 132 valence electrons. The molecule has 0 fully saturated rings. The van der Waals surface area contributed by atoms with Gasteiger partial charge in [0.25, 0.3) is 0 Å². The number of hydrogen-bond donors (Lipinski definition) is 0. The quantitative estimate of drug-likeness (QED) is 0.242. The van der Waals surface area contributed by atoms with Crippen LogP contribution in [0.5, 0.6) is 5.75 Å². The molecule has 0 bridgehead atoms. The second-order valence-corrected chi connectivity index (χ2v) is 6.67. The standard InChI is InChI=1S/C20H28O3S/c1-4-7-9-10-11-19(20(21)22-6-3)24-18-14-12-17(13-15-18)23-16-8-5-2/h12-15,19H,4,6-7,9-11,16H2,1-3H3/t19-/m1/s1. The van der Waals surface area contributed by atoms with Crippen molar-refractivity contribution in [2.75, 3.05) is 13.2 Å². The maximum atomic E-state index is 12.2. The minimum absolute atomic E-state index is 0.113. The van der Waals surface area contributed by atoms with Crippen LogP contribution < -0.4 is 4.74 Å². The van der Waals surface area contributed by atoms with Crippen LogP contribution >= 0.6 is 11.8 Å². The van der Waals surface area contributed by atoms with Crippen LogP contribution in [0.2, 0.25) is 0 Å². The van der Waals surface area contributed by atoms with Crippen LogP contribution in [0, 0.1) is 11.8 Å². The van der Waals surface area contributed by atoms with Gasteiger partial charge in [-0.3, -0.25) is 4.79 Å². The summed E-state index contributed by atoms with van der Waals surface area (Å²) in [7, 11) is 0. The Labute approximate surface area is 150 Å². The molecule has 3 nitrogen and oxygen atoms in total. The maximum Gasteiger partial charge on any atom is 0.319 e. The summed E-state index contributed by atoms with van der Waals surface area (Å²) in [5.41, 5.74) is 0. The van der Waals surface area contributed by atoms with Gasteiger partial charge < -0.3 is 9.47 Å². The van der Waals surface area contributed by atoms with Crippen molar-refractivity contribution in [3.05, 3.63) is 24.3 Å². The number of carbonyl (C=O) groups excluding carboxylic acids is 1. The lowest BCUT2D eigenvalue weighted by molar-refractivity contribution is -0.142. The van der Waals surface area contributed by atoms with Crippen LogP contribution in [-0.4, -0.2) is 24.4 Å². The van der Waals surface area contributed by atoms with Crippen LogP contribution in [0.3, 0.4) is 0 Å². The van der Waals surface area contributed by atoms with Gasteiger partial charge in [-0.2, -0.15) is 0 Å². The van der Waals surface area contributed by atoms with Gasteiger partial charge in [-0.25, -0.2) is 0 Å². The van der Waals surface area contributed by atoms with Crippen molar-refractivity contribution in [3.63, 3.8) is 0 Å². The highest BCUT2D eigenvalue weighted by molar-refractivity contribution is 8.00. The highest BCUT2D eigenvalue weighted by Crippen LogP contribution is 2.29. The monoisotopic (exact) mass is 348 g/mol. The lowest BCUT2D eigenvalue weighted by Gasteiger charge is -2.15. The van der Waals surface area contributed by atoms with Crippen LogP contribution in [0.1, 0.15) is 52.9 Å². The Morgan fingerprint density at radius 3 is 2.54 bits per heavy atom. The van der Waals surface area contributed by atoms with Gasteiger partial charge in [0.1, 0.15) is 17.6 Å². The molecule has 0 N–H and O–H groups in total. The Morgan fingerprint density at radius 2 is 1.92 bits per heavy atom. The molecule has 0 spiro atoms. The molecular formula is C20H28O3S. The molecule has 0 radical (unpaired) electrons. The van der Waals surface area contributed by atoms with E-state index >= 15 is 0 Å². The number of esters is 1. The highest BCUT2D eigenvalue weighted by Gasteiger charge is 2.20. The first-order valence-corrected chi connectivity index (χ1v) is 9.55. The summed E-state index contributed by atoms with van der Waals surface area (Å²) in [6.07, 6.45) is 5.49. The van der Waals surface area contributed by atoms with E-state index in [1.165, 1.54) is 12.8 Å². The third-order valence-corrected chi connectivity index (χ3v) is 4.72. The van der Waals surface area contributed by atoms with Gasteiger partial charge in [0.2, 0.25) is 0 Å². The van der Waals surface area contributed by atoms with E-state index < -0.39 is 0 Å². The fourth-order valence-corrected chi connectivity index (χ4v) is 3.26. The Hall–Kier alpha value is -1.60. The number of hydrogen-bond acceptors (Lipinski definition) is 4. The second-order valence-electron chi connectivity index (χ2n) is 5.39. The van der Waals surface area contributed by atoms with Crippen LogP contribution in [0.25, 0.3) is 0 Å². The fraction of sp³-hybridized carbons (Fsp3) is 0.550. The average molecular weight is 349 g/mol. The van der Waals surface area contributed by atoms with Crippen molar-refractivity contribution in [3.8, 4) is 17.6 Å². The molecule has 4 heteroatoms. The van der Waals surface area contributed by atoms with Crippen molar-refractivity contribution in [2.45, 2.75) is 63.0 Å². The molecule has 0 aliphatic heterocycles. The van der Waals surface area contributed by atoms with E-state index in [0.29, 0.717) is 13.2 Å². The number of carbonyl (C=O) groups is 1. The largest absolute Gasteiger partial charge is 0.481 e. The van der Waals surface area contributed by atoms with Gasteiger partial charge in [0, 0.05) is 4.90 Å². The average Bonchev–Trinajstić information content (AvgIpc) is 2.59.